The van der Waals surface area contributed by atoms with Crippen LogP contribution in [0.15, 0.2) is 48.5 Å². The first kappa shape index (κ1) is 16.0. The van der Waals surface area contributed by atoms with Crippen molar-refractivity contribution >= 4 is 5.91 Å². The smallest absolute Gasteiger partial charge is 0.255 e. The SMILES string of the molecule is COc1ccccc1C(=O)NCC(C)(C)c1ccccc1F. The molecule has 0 aliphatic carbocycles. The van der Waals surface area contributed by atoms with Crippen LogP contribution < -0.4 is 10.1 Å². The highest BCUT2D eigenvalue weighted by molar-refractivity contribution is 5.96. The summed E-state index contributed by atoms with van der Waals surface area (Å²) in [7, 11) is 1.52. The minimum absolute atomic E-state index is 0.234. The van der Waals surface area contributed by atoms with Crippen LogP contribution in [0.4, 0.5) is 4.39 Å². The van der Waals surface area contributed by atoms with Crippen molar-refractivity contribution in [3.05, 3.63) is 65.5 Å². The van der Waals surface area contributed by atoms with Crippen LogP contribution in [0, 0.1) is 5.82 Å². The van der Waals surface area contributed by atoms with Gasteiger partial charge in [-0.05, 0) is 23.8 Å². The molecule has 0 heterocycles. The molecule has 0 saturated heterocycles. The van der Waals surface area contributed by atoms with Gasteiger partial charge in [-0.1, -0.05) is 44.2 Å². The van der Waals surface area contributed by atoms with Gasteiger partial charge in [0, 0.05) is 12.0 Å². The van der Waals surface area contributed by atoms with E-state index in [0.717, 1.165) is 0 Å². The summed E-state index contributed by atoms with van der Waals surface area (Å²) in [6.07, 6.45) is 0. The van der Waals surface area contributed by atoms with Crippen molar-refractivity contribution in [1.82, 2.24) is 5.32 Å². The van der Waals surface area contributed by atoms with Crippen molar-refractivity contribution in [2.24, 2.45) is 0 Å². The first-order chi connectivity index (χ1) is 10.5. The van der Waals surface area contributed by atoms with Gasteiger partial charge in [0.25, 0.3) is 5.91 Å². The molecule has 0 unspecified atom stereocenters. The highest BCUT2D eigenvalue weighted by atomic mass is 19.1. The van der Waals surface area contributed by atoms with Crippen LogP contribution in [0.25, 0.3) is 0 Å². The van der Waals surface area contributed by atoms with Crippen molar-refractivity contribution in [3.8, 4) is 5.75 Å². The summed E-state index contributed by atoms with van der Waals surface area (Å²) in [5.74, 6) is 0.0182. The van der Waals surface area contributed by atoms with E-state index in [-0.39, 0.29) is 11.7 Å². The number of benzene rings is 2. The van der Waals surface area contributed by atoms with E-state index in [1.807, 2.05) is 13.8 Å². The third-order valence-electron chi connectivity index (χ3n) is 3.65. The summed E-state index contributed by atoms with van der Waals surface area (Å²) in [4.78, 5) is 12.3. The summed E-state index contributed by atoms with van der Waals surface area (Å²) in [6.45, 7) is 4.12. The molecule has 2 aromatic rings. The Labute approximate surface area is 130 Å². The molecular formula is C18H20FNO2. The monoisotopic (exact) mass is 301 g/mol. The van der Waals surface area contributed by atoms with E-state index in [2.05, 4.69) is 5.32 Å². The number of hydrogen-bond acceptors (Lipinski definition) is 2. The Kier molecular flexibility index (Phi) is 4.81. The van der Waals surface area contributed by atoms with Crippen LogP contribution >= 0.6 is 0 Å². The predicted molar refractivity (Wildman–Crippen MR) is 84.8 cm³/mol. The number of rotatable bonds is 5. The standard InChI is InChI=1S/C18H20FNO2/c1-18(2,14-9-5-6-10-15(14)19)12-20-17(21)13-8-4-7-11-16(13)22-3/h4-11H,12H2,1-3H3,(H,20,21). The Morgan fingerprint density at radius 3 is 2.45 bits per heavy atom. The van der Waals surface area contributed by atoms with Gasteiger partial charge < -0.3 is 10.1 Å². The molecule has 0 radical (unpaired) electrons. The maximum atomic E-state index is 13.9. The Morgan fingerprint density at radius 2 is 1.77 bits per heavy atom. The van der Waals surface area contributed by atoms with Gasteiger partial charge >= 0.3 is 0 Å². The fourth-order valence-electron chi connectivity index (χ4n) is 2.33. The van der Waals surface area contributed by atoms with Gasteiger partial charge in [0.15, 0.2) is 0 Å². The lowest BCUT2D eigenvalue weighted by Gasteiger charge is -2.26. The van der Waals surface area contributed by atoms with E-state index in [1.165, 1.54) is 13.2 Å². The summed E-state index contributed by atoms with van der Waals surface area (Å²) < 4.78 is 19.1. The number of carbonyl (C=O) groups excluding carboxylic acids is 1. The van der Waals surface area contributed by atoms with E-state index in [0.29, 0.717) is 23.4 Å². The van der Waals surface area contributed by atoms with Gasteiger partial charge in [-0.25, -0.2) is 4.39 Å². The normalized spacial score (nSPS) is 11.1. The Hall–Kier alpha value is -2.36. The van der Waals surface area contributed by atoms with Crippen LogP contribution in [0.5, 0.6) is 5.75 Å². The molecule has 2 rings (SSSR count). The molecule has 22 heavy (non-hydrogen) atoms. The zero-order valence-corrected chi connectivity index (χ0v) is 13.0. The number of ether oxygens (including phenoxy) is 1. The fourth-order valence-corrected chi connectivity index (χ4v) is 2.33. The first-order valence-electron chi connectivity index (χ1n) is 7.12. The molecular weight excluding hydrogens is 281 g/mol. The van der Waals surface area contributed by atoms with Gasteiger partial charge in [-0.3, -0.25) is 4.79 Å². The molecule has 4 heteroatoms. The Morgan fingerprint density at radius 1 is 1.14 bits per heavy atom. The molecule has 1 N–H and O–H groups in total. The van der Waals surface area contributed by atoms with Crippen molar-refractivity contribution in [3.63, 3.8) is 0 Å². The number of hydrogen-bond donors (Lipinski definition) is 1. The minimum atomic E-state index is -0.511. The van der Waals surface area contributed by atoms with Gasteiger partial charge in [0.05, 0.1) is 12.7 Å². The molecule has 0 bridgehead atoms. The van der Waals surface area contributed by atoms with E-state index < -0.39 is 5.41 Å². The lowest BCUT2D eigenvalue weighted by Crippen LogP contribution is -2.37. The largest absolute Gasteiger partial charge is 0.496 e. The second-order valence-electron chi connectivity index (χ2n) is 5.75. The molecule has 2 aromatic carbocycles. The zero-order valence-electron chi connectivity index (χ0n) is 13.0. The van der Waals surface area contributed by atoms with Crippen molar-refractivity contribution < 1.29 is 13.9 Å². The highest BCUT2D eigenvalue weighted by Crippen LogP contribution is 2.25. The molecule has 0 fully saturated rings. The third kappa shape index (κ3) is 3.45. The van der Waals surface area contributed by atoms with Crippen LogP contribution in [-0.4, -0.2) is 19.6 Å². The Balaban J connectivity index is 2.12. The van der Waals surface area contributed by atoms with Gasteiger partial charge in [0.2, 0.25) is 0 Å². The van der Waals surface area contributed by atoms with Crippen molar-refractivity contribution in [2.75, 3.05) is 13.7 Å². The summed E-state index contributed by atoms with van der Waals surface area (Å²) in [5, 5.41) is 2.85. The van der Waals surface area contributed by atoms with E-state index in [1.54, 1.807) is 42.5 Å². The van der Waals surface area contributed by atoms with Crippen molar-refractivity contribution in [1.29, 1.82) is 0 Å². The van der Waals surface area contributed by atoms with Crippen molar-refractivity contribution in [2.45, 2.75) is 19.3 Å². The summed E-state index contributed by atoms with van der Waals surface area (Å²) in [6, 6.07) is 13.6. The molecule has 0 saturated carbocycles. The van der Waals surface area contributed by atoms with Crippen LogP contribution in [0.3, 0.4) is 0 Å². The topological polar surface area (TPSA) is 38.3 Å². The molecule has 0 aromatic heterocycles. The quantitative estimate of drug-likeness (QED) is 0.917. The third-order valence-corrected chi connectivity index (χ3v) is 3.65. The van der Waals surface area contributed by atoms with Gasteiger partial charge in [-0.2, -0.15) is 0 Å². The summed E-state index contributed by atoms with van der Waals surface area (Å²) >= 11 is 0. The second kappa shape index (κ2) is 6.60. The number of halogens is 1. The van der Waals surface area contributed by atoms with E-state index >= 15 is 0 Å². The lowest BCUT2D eigenvalue weighted by atomic mass is 9.84. The Bertz CT molecular complexity index is 668. The molecule has 0 aliphatic heterocycles. The average molecular weight is 301 g/mol. The predicted octanol–water partition coefficient (Wildman–Crippen LogP) is 3.54. The lowest BCUT2D eigenvalue weighted by molar-refractivity contribution is 0.0942. The molecule has 3 nitrogen and oxygen atoms in total. The number of methoxy groups -OCH3 is 1. The molecule has 1 amide bonds. The zero-order chi connectivity index (χ0) is 16.2. The average Bonchev–Trinajstić information content (AvgIpc) is 2.53. The van der Waals surface area contributed by atoms with Crippen LogP contribution in [0.2, 0.25) is 0 Å². The second-order valence-corrected chi connectivity index (χ2v) is 5.75. The van der Waals surface area contributed by atoms with Gasteiger partial charge in [0.1, 0.15) is 11.6 Å². The van der Waals surface area contributed by atoms with E-state index in [4.69, 9.17) is 4.74 Å². The molecule has 0 spiro atoms. The highest BCUT2D eigenvalue weighted by Gasteiger charge is 2.25. The van der Waals surface area contributed by atoms with E-state index in [9.17, 15) is 9.18 Å². The number of amides is 1. The fraction of sp³-hybridized carbons (Fsp3) is 0.278. The molecule has 116 valence electrons. The minimum Gasteiger partial charge on any atom is -0.496 e. The molecule has 0 aliphatic rings. The first-order valence-corrected chi connectivity index (χ1v) is 7.12. The number of carbonyl (C=O) groups is 1. The van der Waals surface area contributed by atoms with Crippen LogP contribution in [-0.2, 0) is 5.41 Å². The molecule has 0 atom stereocenters. The van der Waals surface area contributed by atoms with Gasteiger partial charge in [-0.15, -0.1) is 0 Å². The number of para-hydroxylation sites is 1. The maximum Gasteiger partial charge on any atom is 0.255 e. The maximum absolute atomic E-state index is 13.9. The summed E-state index contributed by atoms with van der Waals surface area (Å²) in [5.41, 5.74) is 0.535. The van der Waals surface area contributed by atoms with Crippen LogP contribution in [0.1, 0.15) is 29.8 Å². The number of nitrogens with one attached hydrogen (secondary N) is 1.